The average molecular weight is 368 g/mol. The van der Waals surface area contributed by atoms with Crippen LogP contribution in [0.5, 0.6) is 11.5 Å². The fourth-order valence-electron chi connectivity index (χ4n) is 3.41. The summed E-state index contributed by atoms with van der Waals surface area (Å²) in [7, 11) is 3.22. The summed E-state index contributed by atoms with van der Waals surface area (Å²) in [5, 5.41) is 0. The molecule has 2 aromatic rings. The fraction of sp³-hybridized carbons (Fsp3) is 0.333. The maximum absolute atomic E-state index is 12.8. The van der Waals surface area contributed by atoms with Crippen molar-refractivity contribution in [1.29, 1.82) is 0 Å². The van der Waals surface area contributed by atoms with Crippen LogP contribution >= 0.6 is 0 Å². The van der Waals surface area contributed by atoms with Crippen LogP contribution in [-0.2, 0) is 4.79 Å². The molecule has 142 valence electrons. The molecule has 6 heteroatoms. The van der Waals surface area contributed by atoms with E-state index in [-0.39, 0.29) is 17.7 Å². The highest BCUT2D eigenvalue weighted by Gasteiger charge is 2.27. The Kier molecular flexibility index (Phi) is 5.64. The van der Waals surface area contributed by atoms with Gasteiger partial charge in [0, 0.05) is 30.3 Å². The lowest BCUT2D eigenvalue weighted by Crippen LogP contribution is -2.44. The number of hydrogen-bond donors (Lipinski definition) is 1. The number of likely N-dealkylation sites (tertiary alicyclic amines) is 1. The third-order valence-corrected chi connectivity index (χ3v) is 4.96. The van der Waals surface area contributed by atoms with Gasteiger partial charge < -0.3 is 20.1 Å². The number of primary amides is 1. The Morgan fingerprint density at radius 3 is 2.44 bits per heavy atom. The smallest absolute Gasteiger partial charge is 0.253 e. The van der Waals surface area contributed by atoms with Gasteiger partial charge in [0.25, 0.3) is 5.91 Å². The minimum absolute atomic E-state index is 0.0748. The molecule has 3 rings (SSSR count). The van der Waals surface area contributed by atoms with Gasteiger partial charge in [0.1, 0.15) is 11.5 Å². The number of nitrogens with two attached hydrogens (primary N) is 1. The molecule has 0 radical (unpaired) electrons. The lowest BCUT2D eigenvalue weighted by Gasteiger charge is -2.31. The van der Waals surface area contributed by atoms with Crippen LogP contribution in [0.2, 0.25) is 0 Å². The fourth-order valence-corrected chi connectivity index (χ4v) is 3.41. The summed E-state index contributed by atoms with van der Waals surface area (Å²) in [6.07, 6.45) is 1.54. The first-order chi connectivity index (χ1) is 13.0. The van der Waals surface area contributed by atoms with Crippen LogP contribution in [0.3, 0.4) is 0 Å². The third-order valence-electron chi connectivity index (χ3n) is 4.96. The summed E-state index contributed by atoms with van der Waals surface area (Å²) in [4.78, 5) is 25.9. The monoisotopic (exact) mass is 368 g/mol. The molecule has 1 aliphatic rings. The first-order valence-corrected chi connectivity index (χ1v) is 8.94. The Bertz CT molecular complexity index is 833. The van der Waals surface area contributed by atoms with Gasteiger partial charge in [-0.1, -0.05) is 12.1 Å². The summed E-state index contributed by atoms with van der Waals surface area (Å²) in [6, 6.07) is 13.0. The van der Waals surface area contributed by atoms with E-state index in [1.54, 1.807) is 31.3 Å². The number of hydrogen-bond acceptors (Lipinski definition) is 4. The van der Waals surface area contributed by atoms with Gasteiger partial charge in [-0.25, -0.2) is 0 Å². The molecule has 0 spiro atoms. The van der Waals surface area contributed by atoms with E-state index in [0.29, 0.717) is 24.4 Å². The Morgan fingerprint density at radius 1 is 1.07 bits per heavy atom. The zero-order chi connectivity index (χ0) is 19.4. The van der Waals surface area contributed by atoms with Crippen molar-refractivity contribution >= 4 is 11.8 Å². The highest BCUT2D eigenvalue weighted by Crippen LogP contribution is 2.33. The molecule has 27 heavy (non-hydrogen) atoms. The number of amides is 2. The highest BCUT2D eigenvalue weighted by atomic mass is 16.5. The predicted octanol–water partition coefficient (Wildman–Crippen LogP) is 2.71. The van der Waals surface area contributed by atoms with Gasteiger partial charge in [0.05, 0.1) is 20.1 Å². The standard InChI is InChI=1S/C21H24N2O4/c1-26-17-9-10-18(19(12-17)27-2)14-5-7-15(8-6-14)21(25)23-11-3-4-16(13-23)20(22)24/h5-10,12,16H,3-4,11,13H2,1-2H3,(H2,22,24)/t16-/m0/s1. The van der Waals surface area contributed by atoms with Crippen molar-refractivity contribution in [3.63, 3.8) is 0 Å². The van der Waals surface area contributed by atoms with E-state index < -0.39 is 0 Å². The number of ether oxygens (including phenoxy) is 2. The molecule has 1 heterocycles. The summed E-state index contributed by atoms with van der Waals surface area (Å²) >= 11 is 0. The predicted molar refractivity (Wildman–Crippen MR) is 103 cm³/mol. The van der Waals surface area contributed by atoms with Crippen molar-refractivity contribution in [3.05, 3.63) is 48.0 Å². The molecule has 1 fully saturated rings. The van der Waals surface area contributed by atoms with E-state index in [0.717, 1.165) is 29.7 Å². The maximum atomic E-state index is 12.8. The Balaban J connectivity index is 1.79. The van der Waals surface area contributed by atoms with Crippen LogP contribution in [-0.4, -0.2) is 44.0 Å². The minimum atomic E-state index is -0.338. The van der Waals surface area contributed by atoms with Gasteiger partial charge in [-0.2, -0.15) is 0 Å². The van der Waals surface area contributed by atoms with Crippen LogP contribution in [0.1, 0.15) is 23.2 Å². The second-order valence-electron chi connectivity index (χ2n) is 6.64. The first-order valence-electron chi connectivity index (χ1n) is 8.94. The normalized spacial score (nSPS) is 16.7. The highest BCUT2D eigenvalue weighted by molar-refractivity contribution is 5.95. The van der Waals surface area contributed by atoms with Crippen LogP contribution in [0.4, 0.5) is 0 Å². The van der Waals surface area contributed by atoms with Crippen LogP contribution in [0.15, 0.2) is 42.5 Å². The van der Waals surface area contributed by atoms with Crippen LogP contribution < -0.4 is 15.2 Å². The van der Waals surface area contributed by atoms with Gasteiger partial charge in [-0.15, -0.1) is 0 Å². The van der Waals surface area contributed by atoms with Crippen molar-refractivity contribution in [2.24, 2.45) is 11.7 Å². The lowest BCUT2D eigenvalue weighted by molar-refractivity contribution is -0.123. The van der Waals surface area contributed by atoms with E-state index in [9.17, 15) is 9.59 Å². The number of carbonyl (C=O) groups excluding carboxylic acids is 2. The minimum Gasteiger partial charge on any atom is -0.497 e. The zero-order valence-electron chi connectivity index (χ0n) is 15.6. The summed E-state index contributed by atoms with van der Waals surface area (Å²) < 4.78 is 10.7. The second kappa shape index (κ2) is 8.12. The van der Waals surface area contributed by atoms with Crippen molar-refractivity contribution < 1.29 is 19.1 Å². The van der Waals surface area contributed by atoms with Crippen molar-refractivity contribution in [1.82, 2.24) is 4.90 Å². The largest absolute Gasteiger partial charge is 0.497 e. The van der Waals surface area contributed by atoms with E-state index in [4.69, 9.17) is 15.2 Å². The molecule has 0 bridgehead atoms. The van der Waals surface area contributed by atoms with E-state index >= 15 is 0 Å². The number of piperidine rings is 1. The molecule has 1 aliphatic heterocycles. The Labute approximate surface area is 158 Å². The Morgan fingerprint density at radius 2 is 1.81 bits per heavy atom. The quantitative estimate of drug-likeness (QED) is 0.880. The van der Waals surface area contributed by atoms with Crippen molar-refractivity contribution in [2.45, 2.75) is 12.8 Å². The topological polar surface area (TPSA) is 81.9 Å². The molecule has 0 unspecified atom stereocenters. The van der Waals surface area contributed by atoms with Crippen molar-refractivity contribution in [3.8, 4) is 22.6 Å². The SMILES string of the molecule is COc1ccc(-c2ccc(C(=O)N3CCC[C@H](C(N)=O)C3)cc2)c(OC)c1. The van der Waals surface area contributed by atoms with E-state index in [2.05, 4.69) is 0 Å². The molecule has 0 saturated carbocycles. The first kappa shape index (κ1) is 18.8. The van der Waals surface area contributed by atoms with Gasteiger partial charge in [0.15, 0.2) is 0 Å². The molecule has 2 N–H and O–H groups in total. The molecular formula is C21H24N2O4. The van der Waals surface area contributed by atoms with Gasteiger partial charge >= 0.3 is 0 Å². The average Bonchev–Trinajstić information content (AvgIpc) is 2.73. The lowest BCUT2D eigenvalue weighted by atomic mass is 9.96. The van der Waals surface area contributed by atoms with Gasteiger partial charge in [-0.3, -0.25) is 9.59 Å². The van der Waals surface area contributed by atoms with E-state index in [1.807, 2.05) is 30.3 Å². The zero-order valence-corrected chi connectivity index (χ0v) is 15.6. The molecule has 1 atom stereocenters. The number of methoxy groups -OCH3 is 2. The summed E-state index contributed by atoms with van der Waals surface area (Å²) in [5.41, 5.74) is 7.86. The number of benzene rings is 2. The molecule has 2 aromatic carbocycles. The van der Waals surface area contributed by atoms with E-state index in [1.165, 1.54) is 0 Å². The van der Waals surface area contributed by atoms with Crippen molar-refractivity contribution in [2.75, 3.05) is 27.3 Å². The van der Waals surface area contributed by atoms with Gasteiger partial charge in [-0.05, 0) is 42.7 Å². The molecule has 0 aromatic heterocycles. The van der Waals surface area contributed by atoms with Gasteiger partial charge in [0.2, 0.25) is 5.91 Å². The number of nitrogens with zero attached hydrogens (tertiary/aromatic N) is 1. The molecule has 1 saturated heterocycles. The summed E-state index contributed by atoms with van der Waals surface area (Å²) in [6.45, 7) is 1.04. The second-order valence-corrected chi connectivity index (χ2v) is 6.64. The molecule has 2 amide bonds. The molecular weight excluding hydrogens is 344 g/mol. The Hall–Kier alpha value is -3.02. The summed E-state index contributed by atoms with van der Waals surface area (Å²) in [5.74, 6) is 0.749. The molecule has 6 nitrogen and oxygen atoms in total. The molecule has 0 aliphatic carbocycles. The number of rotatable bonds is 5. The number of carbonyl (C=O) groups is 2. The van der Waals surface area contributed by atoms with Crippen LogP contribution in [0, 0.1) is 5.92 Å². The maximum Gasteiger partial charge on any atom is 0.253 e. The van der Waals surface area contributed by atoms with Crippen LogP contribution in [0.25, 0.3) is 11.1 Å². The third kappa shape index (κ3) is 4.05.